The molecule has 1 saturated heterocycles. The van der Waals surface area contributed by atoms with Gasteiger partial charge in [-0.3, -0.25) is 0 Å². The predicted octanol–water partition coefficient (Wildman–Crippen LogP) is 2.81. The first-order chi connectivity index (χ1) is 9.28. The van der Waals surface area contributed by atoms with Crippen molar-refractivity contribution >= 4 is 0 Å². The van der Waals surface area contributed by atoms with Crippen molar-refractivity contribution in [3.63, 3.8) is 0 Å². The number of piperidine rings is 1. The van der Waals surface area contributed by atoms with Crippen LogP contribution < -0.4 is 14.8 Å². The van der Waals surface area contributed by atoms with Crippen molar-refractivity contribution in [2.45, 2.75) is 32.6 Å². The van der Waals surface area contributed by atoms with E-state index in [9.17, 15) is 0 Å². The Hall–Kier alpha value is -1.22. The molecule has 3 nitrogen and oxygen atoms in total. The zero-order chi connectivity index (χ0) is 13.7. The van der Waals surface area contributed by atoms with Crippen LogP contribution in [0.15, 0.2) is 12.1 Å². The Balaban J connectivity index is 2.21. The quantitative estimate of drug-likeness (QED) is 0.886. The van der Waals surface area contributed by atoms with Gasteiger partial charge in [-0.15, -0.1) is 0 Å². The molecule has 1 heterocycles. The van der Waals surface area contributed by atoms with Crippen LogP contribution in [0.1, 0.15) is 30.9 Å². The van der Waals surface area contributed by atoms with Crippen molar-refractivity contribution in [1.82, 2.24) is 5.32 Å². The summed E-state index contributed by atoms with van der Waals surface area (Å²) >= 11 is 0. The fraction of sp³-hybridized carbons (Fsp3) is 0.625. The number of hydrogen-bond donors (Lipinski definition) is 1. The van der Waals surface area contributed by atoms with Crippen LogP contribution in [0.5, 0.6) is 11.5 Å². The highest BCUT2D eigenvalue weighted by atomic mass is 16.5. The maximum absolute atomic E-state index is 5.53. The Morgan fingerprint density at radius 3 is 2.26 bits per heavy atom. The van der Waals surface area contributed by atoms with Gasteiger partial charge in [0.15, 0.2) is 0 Å². The van der Waals surface area contributed by atoms with Gasteiger partial charge in [0.2, 0.25) is 0 Å². The Labute approximate surface area is 116 Å². The normalized spacial score (nSPS) is 16.4. The summed E-state index contributed by atoms with van der Waals surface area (Å²) in [6.45, 7) is 4.45. The van der Waals surface area contributed by atoms with E-state index < -0.39 is 0 Å². The number of hydrogen-bond acceptors (Lipinski definition) is 3. The molecule has 19 heavy (non-hydrogen) atoms. The molecule has 0 unspecified atom stereocenters. The third kappa shape index (κ3) is 3.41. The van der Waals surface area contributed by atoms with Gasteiger partial charge >= 0.3 is 0 Å². The first kappa shape index (κ1) is 14.2. The molecular weight excluding hydrogens is 238 g/mol. The van der Waals surface area contributed by atoms with Crippen LogP contribution in [0.2, 0.25) is 0 Å². The number of rotatable bonds is 5. The minimum Gasteiger partial charge on any atom is -0.496 e. The van der Waals surface area contributed by atoms with E-state index in [1.807, 2.05) is 6.07 Å². The van der Waals surface area contributed by atoms with Crippen LogP contribution in [0.4, 0.5) is 0 Å². The summed E-state index contributed by atoms with van der Waals surface area (Å²) in [6, 6.07) is 4.30. The lowest BCUT2D eigenvalue weighted by Gasteiger charge is -2.24. The summed E-state index contributed by atoms with van der Waals surface area (Å²) in [4.78, 5) is 0. The van der Waals surface area contributed by atoms with Crippen molar-refractivity contribution in [1.29, 1.82) is 0 Å². The lowest BCUT2D eigenvalue weighted by Crippen LogP contribution is -2.28. The van der Waals surface area contributed by atoms with E-state index in [4.69, 9.17) is 9.47 Å². The molecule has 1 aliphatic rings. The summed E-state index contributed by atoms with van der Waals surface area (Å²) in [5.41, 5.74) is 2.60. The highest BCUT2D eigenvalue weighted by Gasteiger charge is 2.17. The van der Waals surface area contributed by atoms with Crippen LogP contribution in [0.3, 0.4) is 0 Å². The second-order valence-electron chi connectivity index (χ2n) is 5.23. The van der Waals surface area contributed by atoms with Gasteiger partial charge in [0.05, 0.1) is 14.2 Å². The Morgan fingerprint density at radius 1 is 1.05 bits per heavy atom. The standard InChI is InChI=1S/C16H25NO2/c1-4-13-10-14(9-12-5-7-17-8-6-12)16(19-3)11-15(13)18-2/h10-12,17H,4-9H2,1-3H3. The SMILES string of the molecule is CCc1cc(CC2CCNCC2)c(OC)cc1OC. The van der Waals surface area contributed by atoms with Crippen molar-refractivity contribution < 1.29 is 9.47 Å². The summed E-state index contributed by atoms with van der Waals surface area (Å²) in [7, 11) is 3.47. The van der Waals surface area contributed by atoms with Crippen molar-refractivity contribution in [2.75, 3.05) is 27.3 Å². The molecule has 0 amide bonds. The molecule has 106 valence electrons. The Bertz CT molecular complexity index is 411. The van der Waals surface area contributed by atoms with Crippen molar-refractivity contribution in [3.8, 4) is 11.5 Å². The Kier molecular flexibility index (Phi) is 5.08. The highest BCUT2D eigenvalue weighted by molar-refractivity contribution is 5.47. The molecule has 2 rings (SSSR count). The maximum Gasteiger partial charge on any atom is 0.125 e. The zero-order valence-electron chi connectivity index (χ0n) is 12.3. The molecule has 3 heteroatoms. The minimum absolute atomic E-state index is 0.772. The number of aryl methyl sites for hydroxylation is 1. The monoisotopic (exact) mass is 263 g/mol. The molecule has 1 aromatic carbocycles. The van der Waals surface area contributed by atoms with Crippen molar-refractivity contribution in [3.05, 3.63) is 23.3 Å². The maximum atomic E-state index is 5.53. The van der Waals surface area contributed by atoms with Crippen LogP contribution in [-0.4, -0.2) is 27.3 Å². The molecule has 0 bridgehead atoms. The van der Waals surface area contributed by atoms with E-state index in [0.29, 0.717) is 0 Å². The second-order valence-corrected chi connectivity index (χ2v) is 5.23. The molecule has 0 saturated carbocycles. The molecule has 0 aliphatic carbocycles. The summed E-state index contributed by atoms with van der Waals surface area (Å²) in [5.74, 6) is 2.68. The zero-order valence-corrected chi connectivity index (χ0v) is 12.3. The summed E-state index contributed by atoms with van der Waals surface area (Å²) < 4.78 is 11.0. The van der Waals surface area contributed by atoms with Crippen molar-refractivity contribution in [2.24, 2.45) is 5.92 Å². The fourth-order valence-electron chi connectivity index (χ4n) is 2.87. The van der Waals surface area contributed by atoms with Crippen LogP contribution in [-0.2, 0) is 12.8 Å². The predicted molar refractivity (Wildman–Crippen MR) is 78.2 cm³/mol. The molecule has 0 spiro atoms. The molecule has 1 fully saturated rings. The van der Waals surface area contributed by atoms with Crippen LogP contribution in [0, 0.1) is 5.92 Å². The third-order valence-electron chi connectivity index (χ3n) is 4.03. The van der Waals surface area contributed by atoms with E-state index in [-0.39, 0.29) is 0 Å². The lowest BCUT2D eigenvalue weighted by molar-refractivity contribution is 0.357. The first-order valence-corrected chi connectivity index (χ1v) is 7.23. The molecule has 1 N–H and O–H groups in total. The van der Waals surface area contributed by atoms with E-state index >= 15 is 0 Å². The molecule has 1 aliphatic heterocycles. The minimum atomic E-state index is 0.772. The summed E-state index contributed by atoms with van der Waals surface area (Å²) in [6.07, 6.45) is 4.63. The topological polar surface area (TPSA) is 30.5 Å². The van der Waals surface area contributed by atoms with Gasteiger partial charge in [-0.25, -0.2) is 0 Å². The largest absolute Gasteiger partial charge is 0.496 e. The van der Waals surface area contributed by atoms with Gasteiger partial charge in [-0.2, -0.15) is 0 Å². The Morgan fingerprint density at radius 2 is 1.68 bits per heavy atom. The molecular formula is C16H25NO2. The van der Waals surface area contributed by atoms with Gasteiger partial charge in [-0.1, -0.05) is 6.92 Å². The average Bonchev–Trinajstić information content (AvgIpc) is 2.47. The van der Waals surface area contributed by atoms with E-state index in [2.05, 4.69) is 18.3 Å². The van der Waals surface area contributed by atoms with Gasteiger partial charge in [0.1, 0.15) is 11.5 Å². The van der Waals surface area contributed by atoms with Gasteiger partial charge in [-0.05, 0) is 61.9 Å². The van der Waals surface area contributed by atoms with Crippen LogP contribution >= 0.6 is 0 Å². The van der Waals surface area contributed by atoms with Gasteiger partial charge < -0.3 is 14.8 Å². The molecule has 0 atom stereocenters. The summed E-state index contributed by atoms with van der Waals surface area (Å²) in [5, 5.41) is 3.42. The second kappa shape index (κ2) is 6.80. The number of ether oxygens (including phenoxy) is 2. The van der Waals surface area contributed by atoms with Crippen LogP contribution in [0.25, 0.3) is 0 Å². The van der Waals surface area contributed by atoms with Gasteiger partial charge in [0, 0.05) is 6.07 Å². The van der Waals surface area contributed by atoms with E-state index in [1.165, 1.54) is 24.0 Å². The number of benzene rings is 1. The highest BCUT2D eigenvalue weighted by Crippen LogP contribution is 2.32. The molecule has 1 aromatic rings. The van der Waals surface area contributed by atoms with E-state index in [0.717, 1.165) is 43.3 Å². The molecule has 0 radical (unpaired) electrons. The number of nitrogens with one attached hydrogen (secondary N) is 1. The molecule has 0 aromatic heterocycles. The number of methoxy groups -OCH3 is 2. The average molecular weight is 263 g/mol. The third-order valence-corrected chi connectivity index (χ3v) is 4.03. The lowest BCUT2D eigenvalue weighted by atomic mass is 9.89. The van der Waals surface area contributed by atoms with E-state index in [1.54, 1.807) is 14.2 Å². The van der Waals surface area contributed by atoms with Gasteiger partial charge in [0.25, 0.3) is 0 Å². The fourth-order valence-corrected chi connectivity index (χ4v) is 2.87. The first-order valence-electron chi connectivity index (χ1n) is 7.23. The smallest absolute Gasteiger partial charge is 0.125 e.